The molecule has 1 amide bonds. The molecule has 0 N–H and O–H groups in total. The van der Waals surface area contributed by atoms with Crippen molar-refractivity contribution >= 4 is 33.7 Å². The van der Waals surface area contributed by atoms with Gasteiger partial charge in [-0.2, -0.15) is 0 Å². The topological polar surface area (TPSA) is 82.9 Å². The van der Waals surface area contributed by atoms with Crippen LogP contribution in [0, 0.1) is 0 Å². The lowest BCUT2D eigenvalue weighted by Gasteiger charge is -2.22. The van der Waals surface area contributed by atoms with Gasteiger partial charge in [0.1, 0.15) is 18.9 Å². The third kappa shape index (κ3) is 6.54. The minimum absolute atomic E-state index is 0.0302. The van der Waals surface area contributed by atoms with Crippen molar-refractivity contribution in [1.29, 1.82) is 0 Å². The number of rotatable bonds is 12. The summed E-state index contributed by atoms with van der Waals surface area (Å²) in [7, 11) is 1.58. The van der Waals surface area contributed by atoms with Crippen LogP contribution in [0.4, 0.5) is 0 Å². The number of hydrogen-bond donors (Lipinski definition) is 0. The summed E-state index contributed by atoms with van der Waals surface area (Å²) >= 11 is 0. The molecular weight excluding hydrogens is 542 g/mol. The van der Waals surface area contributed by atoms with Gasteiger partial charge in [-0.25, -0.2) is 9.78 Å². The lowest BCUT2D eigenvalue weighted by molar-refractivity contribution is -0.132. The molecule has 5 aromatic rings. The Morgan fingerprint density at radius 1 is 0.860 bits per heavy atom. The van der Waals surface area contributed by atoms with Crippen molar-refractivity contribution in [2.24, 2.45) is 0 Å². The summed E-state index contributed by atoms with van der Waals surface area (Å²) in [6.45, 7) is 7.23. The number of methoxy groups -OCH3 is 1. The number of carbonyl (C=O) groups excluding carboxylic acids is 2. The molecule has 2 heterocycles. The third-order valence-corrected chi connectivity index (χ3v) is 7.30. The van der Waals surface area contributed by atoms with Gasteiger partial charge in [-0.05, 0) is 44.0 Å². The summed E-state index contributed by atoms with van der Waals surface area (Å²) in [5, 5.41) is 1.55. The van der Waals surface area contributed by atoms with Gasteiger partial charge in [0.2, 0.25) is 5.91 Å². The Bertz CT molecular complexity index is 1710. The van der Waals surface area contributed by atoms with Crippen LogP contribution in [0.5, 0.6) is 5.75 Å². The lowest BCUT2D eigenvalue weighted by atomic mass is 10.0. The molecule has 222 valence electrons. The second-order valence-electron chi connectivity index (χ2n) is 10.6. The highest BCUT2D eigenvalue weighted by Crippen LogP contribution is 2.39. The molecule has 8 nitrogen and oxygen atoms in total. The van der Waals surface area contributed by atoms with Crippen LogP contribution in [-0.2, 0) is 40.6 Å². The second kappa shape index (κ2) is 13.5. The maximum atomic E-state index is 13.8. The van der Waals surface area contributed by atoms with Crippen LogP contribution in [0.1, 0.15) is 48.0 Å². The Hall–Kier alpha value is -4.69. The van der Waals surface area contributed by atoms with E-state index in [9.17, 15) is 9.59 Å². The summed E-state index contributed by atoms with van der Waals surface area (Å²) in [5.41, 5.74) is 4.38. The number of likely N-dealkylation sites (N-methyl/N-ethyl adjacent to an activating group) is 1. The van der Waals surface area contributed by atoms with Crippen molar-refractivity contribution in [2.45, 2.75) is 53.2 Å². The van der Waals surface area contributed by atoms with Gasteiger partial charge in [-0.1, -0.05) is 66.7 Å². The number of hydrogen-bond acceptors (Lipinski definition) is 6. The summed E-state index contributed by atoms with van der Waals surface area (Å²) < 4.78 is 19.5. The highest BCUT2D eigenvalue weighted by molar-refractivity contribution is 6.14. The third-order valence-electron chi connectivity index (χ3n) is 7.30. The van der Waals surface area contributed by atoms with E-state index in [4.69, 9.17) is 14.2 Å². The second-order valence-corrected chi connectivity index (χ2v) is 10.6. The molecule has 0 bridgehead atoms. The fourth-order valence-corrected chi connectivity index (χ4v) is 5.32. The molecule has 0 atom stereocenters. The SMILES string of the molecule is CCN(Cc1ccccc1)C(=O)Cn1c2cccc(OCc3ccccc3)c2c2c(COC)c(C(=O)OC(C)C)ncc21. The van der Waals surface area contributed by atoms with Crippen molar-refractivity contribution in [1.82, 2.24) is 14.5 Å². The van der Waals surface area contributed by atoms with E-state index in [0.717, 1.165) is 27.4 Å². The Morgan fingerprint density at radius 3 is 2.21 bits per heavy atom. The maximum Gasteiger partial charge on any atom is 0.357 e. The van der Waals surface area contributed by atoms with Crippen molar-refractivity contribution < 1.29 is 23.8 Å². The summed E-state index contributed by atoms with van der Waals surface area (Å²) in [6, 6.07) is 25.7. The number of aromatic nitrogens is 2. The van der Waals surface area contributed by atoms with Crippen molar-refractivity contribution in [3.8, 4) is 5.75 Å². The predicted octanol–water partition coefficient (Wildman–Crippen LogP) is 6.53. The van der Waals surface area contributed by atoms with Crippen LogP contribution in [0.2, 0.25) is 0 Å². The van der Waals surface area contributed by atoms with Crippen LogP contribution in [0.3, 0.4) is 0 Å². The smallest absolute Gasteiger partial charge is 0.357 e. The monoisotopic (exact) mass is 579 g/mol. The zero-order valence-electron chi connectivity index (χ0n) is 25.1. The molecule has 0 aliphatic rings. The fraction of sp³-hybridized carbons (Fsp3) is 0.286. The standard InChI is InChI=1S/C35H37N3O5/c1-5-37(20-25-13-8-6-9-14-25)31(39)21-38-28-17-12-18-30(42-22-26-15-10-7-11-16-26)33(28)32-27(23-41-4)34(36-19-29(32)38)35(40)43-24(2)3/h6-19,24H,5,20-23H2,1-4H3. The molecule has 0 saturated heterocycles. The van der Waals surface area contributed by atoms with Crippen LogP contribution in [0.25, 0.3) is 21.8 Å². The van der Waals surface area contributed by atoms with Crippen molar-refractivity contribution in [3.63, 3.8) is 0 Å². The van der Waals surface area contributed by atoms with E-state index in [1.54, 1.807) is 27.2 Å². The van der Waals surface area contributed by atoms with Gasteiger partial charge in [0, 0.05) is 31.1 Å². The van der Waals surface area contributed by atoms with Crippen LogP contribution >= 0.6 is 0 Å². The van der Waals surface area contributed by atoms with E-state index in [2.05, 4.69) is 4.98 Å². The van der Waals surface area contributed by atoms with Gasteiger partial charge in [0.25, 0.3) is 0 Å². The Morgan fingerprint density at radius 2 is 1.56 bits per heavy atom. The fourth-order valence-electron chi connectivity index (χ4n) is 5.32. The van der Waals surface area contributed by atoms with Crippen LogP contribution in [0.15, 0.2) is 85.1 Å². The van der Waals surface area contributed by atoms with E-state index in [0.29, 0.717) is 36.5 Å². The average molecular weight is 580 g/mol. The zero-order chi connectivity index (χ0) is 30.3. The molecule has 0 radical (unpaired) electrons. The summed E-state index contributed by atoms with van der Waals surface area (Å²) in [5.74, 6) is 0.0851. The molecule has 0 unspecified atom stereocenters. The molecule has 0 aliphatic carbocycles. The Balaban J connectivity index is 1.65. The van der Waals surface area contributed by atoms with E-state index >= 15 is 0 Å². The van der Waals surface area contributed by atoms with Crippen molar-refractivity contribution in [3.05, 3.63) is 107 Å². The summed E-state index contributed by atoms with van der Waals surface area (Å²) in [4.78, 5) is 33.4. The zero-order valence-corrected chi connectivity index (χ0v) is 25.1. The first-order chi connectivity index (χ1) is 20.9. The molecule has 0 aliphatic heterocycles. The van der Waals surface area contributed by atoms with Gasteiger partial charge in [0.05, 0.1) is 35.3 Å². The van der Waals surface area contributed by atoms with Gasteiger partial charge >= 0.3 is 5.97 Å². The number of esters is 1. The average Bonchev–Trinajstić information content (AvgIpc) is 3.33. The maximum absolute atomic E-state index is 13.8. The number of benzene rings is 3. The molecule has 5 rings (SSSR count). The molecule has 0 fully saturated rings. The van der Waals surface area contributed by atoms with Gasteiger partial charge in [-0.15, -0.1) is 0 Å². The van der Waals surface area contributed by atoms with E-state index < -0.39 is 5.97 Å². The number of ether oxygens (including phenoxy) is 3. The minimum Gasteiger partial charge on any atom is -0.488 e. The van der Waals surface area contributed by atoms with E-state index in [1.807, 2.05) is 95.3 Å². The van der Waals surface area contributed by atoms with Crippen molar-refractivity contribution in [2.75, 3.05) is 13.7 Å². The predicted molar refractivity (Wildman–Crippen MR) is 167 cm³/mol. The molecule has 0 saturated carbocycles. The van der Waals surface area contributed by atoms with Crippen LogP contribution in [-0.4, -0.2) is 46.1 Å². The van der Waals surface area contributed by atoms with Gasteiger partial charge < -0.3 is 23.7 Å². The molecule has 43 heavy (non-hydrogen) atoms. The normalized spacial score (nSPS) is 11.3. The molecule has 3 aromatic carbocycles. The number of amides is 1. The minimum atomic E-state index is -0.524. The first-order valence-electron chi connectivity index (χ1n) is 14.5. The molecule has 8 heteroatoms. The molecule has 0 spiro atoms. The highest BCUT2D eigenvalue weighted by Gasteiger charge is 2.26. The van der Waals surface area contributed by atoms with Gasteiger partial charge in [-0.3, -0.25) is 4.79 Å². The Kier molecular flexibility index (Phi) is 9.37. The first-order valence-corrected chi connectivity index (χ1v) is 14.5. The highest BCUT2D eigenvalue weighted by atomic mass is 16.5. The first kappa shape index (κ1) is 29.8. The van der Waals surface area contributed by atoms with E-state index in [-0.39, 0.29) is 30.9 Å². The van der Waals surface area contributed by atoms with E-state index in [1.165, 1.54) is 0 Å². The van der Waals surface area contributed by atoms with Gasteiger partial charge in [0.15, 0.2) is 5.69 Å². The van der Waals surface area contributed by atoms with Crippen LogP contribution < -0.4 is 4.74 Å². The number of carbonyl (C=O) groups is 2. The quantitative estimate of drug-likeness (QED) is 0.156. The lowest BCUT2D eigenvalue weighted by Crippen LogP contribution is -2.33. The number of pyridine rings is 1. The molecular formula is C35H37N3O5. The summed E-state index contributed by atoms with van der Waals surface area (Å²) in [6.07, 6.45) is 1.33. The largest absolute Gasteiger partial charge is 0.488 e. The number of nitrogens with zero attached hydrogens (tertiary/aromatic N) is 3. The molecule has 2 aromatic heterocycles. The number of fused-ring (bicyclic) bond motifs is 3. The Labute approximate surface area is 251 Å².